The molecule has 4 heteroatoms. The summed E-state index contributed by atoms with van der Waals surface area (Å²) < 4.78 is 0. The normalized spacial score (nSPS) is 26.0. The van der Waals surface area contributed by atoms with E-state index in [4.69, 9.17) is 10.8 Å². The smallest absolute Gasteiger partial charge is 0.324 e. The van der Waals surface area contributed by atoms with Gasteiger partial charge in [0, 0.05) is 12.3 Å². The fourth-order valence-corrected chi connectivity index (χ4v) is 2.35. The molecule has 1 aliphatic rings. The molecular weight excluding hydrogens is 230 g/mol. The lowest BCUT2D eigenvalue weighted by Crippen LogP contribution is -2.36. The van der Waals surface area contributed by atoms with E-state index in [2.05, 4.69) is 6.92 Å². The molecule has 0 aromatic heterocycles. The lowest BCUT2D eigenvalue weighted by molar-refractivity contribution is -0.141. The van der Waals surface area contributed by atoms with Crippen LogP contribution in [-0.2, 0) is 9.59 Å². The van der Waals surface area contributed by atoms with Gasteiger partial charge in [-0.3, -0.25) is 9.59 Å². The van der Waals surface area contributed by atoms with Crippen LogP contribution in [0.1, 0.15) is 64.7 Å². The van der Waals surface area contributed by atoms with Gasteiger partial charge in [-0.15, -0.1) is 0 Å². The van der Waals surface area contributed by atoms with Gasteiger partial charge >= 0.3 is 5.97 Å². The zero-order chi connectivity index (χ0) is 13.6. The fraction of sp³-hybridized carbons (Fsp3) is 0.857. The van der Waals surface area contributed by atoms with Gasteiger partial charge in [-0.1, -0.05) is 45.4 Å². The van der Waals surface area contributed by atoms with Gasteiger partial charge in [0.1, 0.15) is 11.3 Å². The second-order valence-corrected chi connectivity index (χ2v) is 5.44. The molecule has 0 aromatic rings. The number of carboxylic acids is 1. The maximum atomic E-state index is 11.7. The molecule has 0 saturated heterocycles. The van der Waals surface area contributed by atoms with Gasteiger partial charge in [-0.05, 0) is 12.8 Å². The van der Waals surface area contributed by atoms with E-state index in [0.717, 1.165) is 12.8 Å². The van der Waals surface area contributed by atoms with Crippen LogP contribution >= 0.6 is 0 Å². The predicted molar refractivity (Wildman–Crippen MR) is 70.3 cm³/mol. The van der Waals surface area contributed by atoms with Crippen LogP contribution in [0.25, 0.3) is 0 Å². The van der Waals surface area contributed by atoms with Gasteiger partial charge in [-0.25, -0.2) is 0 Å². The molecule has 3 N–H and O–H groups in total. The highest BCUT2D eigenvalue weighted by Crippen LogP contribution is 2.42. The Morgan fingerprint density at radius 2 is 1.72 bits per heavy atom. The number of aliphatic carboxylic acids is 1. The number of nitrogens with two attached hydrogens (primary N) is 1. The van der Waals surface area contributed by atoms with Crippen LogP contribution in [-0.4, -0.2) is 22.4 Å². The molecule has 0 radical (unpaired) electrons. The Balaban J connectivity index is 2.04. The molecule has 1 rings (SSSR count). The second kappa shape index (κ2) is 6.88. The monoisotopic (exact) mass is 255 g/mol. The van der Waals surface area contributed by atoms with Crippen LogP contribution in [0.5, 0.6) is 0 Å². The summed E-state index contributed by atoms with van der Waals surface area (Å²) in [5.41, 5.74) is 4.35. The molecule has 2 atom stereocenters. The quantitative estimate of drug-likeness (QED) is 0.588. The number of hydrogen-bond acceptors (Lipinski definition) is 3. The summed E-state index contributed by atoms with van der Waals surface area (Å²) in [4.78, 5) is 22.5. The minimum absolute atomic E-state index is 0.0356. The van der Waals surface area contributed by atoms with Crippen molar-refractivity contribution >= 4 is 11.8 Å². The SMILES string of the molecule is CCCCCCCCCC(=O)C1CC1(N)C(=O)O. The molecule has 0 aromatic carbocycles. The summed E-state index contributed by atoms with van der Waals surface area (Å²) in [6.45, 7) is 2.19. The molecule has 0 spiro atoms. The van der Waals surface area contributed by atoms with Crippen LogP contribution in [0.15, 0.2) is 0 Å². The van der Waals surface area contributed by atoms with E-state index < -0.39 is 17.4 Å². The Bertz CT molecular complexity index is 303. The van der Waals surface area contributed by atoms with Gasteiger partial charge in [0.25, 0.3) is 0 Å². The Morgan fingerprint density at radius 3 is 2.22 bits per heavy atom. The first kappa shape index (κ1) is 15.2. The summed E-state index contributed by atoms with van der Waals surface area (Å²) in [5.74, 6) is -1.44. The van der Waals surface area contributed by atoms with Crippen molar-refractivity contribution < 1.29 is 14.7 Å². The maximum Gasteiger partial charge on any atom is 0.324 e. The molecule has 18 heavy (non-hydrogen) atoms. The van der Waals surface area contributed by atoms with E-state index >= 15 is 0 Å². The van der Waals surface area contributed by atoms with Crippen LogP contribution in [0.4, 0.5) is 0 Å². The lowest BCUT2D eigenvalue weighted by atomic mass is 10.0. The van der Waals surface area contributed by atoms with E-state index in [0.29, 0.717) is 12.8 Å². The van der Waals surface area contributed by atoms with E-state index in [1.54, 1.807) is 0 Å². The topological polar surface area (TPSA) is 80.4 Å². The first-order chi connectivity index (χ1) is 8.52. The molecule has 0 aliphatic heterocycles. The maximum absolute atomic E-state index is 11.7. The van der Waals surface area contributed by atoms with Gasteiger partial charge in [0.2, 0.25) is 0 Å². The van der Waals surface area contributed by atoms with Crippen molar-refractivity contribution in [3.8, 4) is 0 Å². The zero-order valence-corrected chi connectivity index (χ0v) is 11.3. The van der Waals surface area contributed by atoms with E-state index in [9.17, 15) is 9.59 Å². The molecule has 0 bridgehead atoms. The van der Waals surface area contributed by atoms with Crippen molar-refractivity contribution in [2.45, 2.75) is 70.3 Å². The molecule has 2 unspecified atom stereocenters. The Kier molecular flexibility index (Phi) is 5.79. The van der Waals surface area contributed by atoms with Crippen LogP contribution in [0.2, 0.25) is 0 Å². The third-order valence-electron chi connectivity index (χ3n) is 3.82. The summed E-state index contributed by atoms with van der Waals surface area (Å²) in [5, 5.41) is 8.85. The third-order valence-corrected chi connectivity index (χ3v) is 3.82. The first-order valence-corrected chi connectivity index (χ1v) is 7.07. The molecule has 1 saturated carbocycles. The van der Waals surface area contributed by atoms with Gasteiger partial charge in [0.15, 0.2) is 0 Å². The molecular formula is C14H25NO3. The lowest BCUT2D eigenvalue weighted by Gasteiger charge is -2.04. The predicted octanol–water partition coefficient (Wildman–Crippen LogP) is 2.50. The van der Waals surface area contributed by atoms with Crippen molar-refractivity contribution in [1.82, 2.24) is 0 Å². The average molecular weight is 255 g/mol. The Morgan fingerprint density at radius 1 is 1.17 bits per heavy atom. The number of ketones is 1. The standard InChI is InChI=1S/C14H25NO3/c1-2-3-4-5-6-7-8-9-12(16)11-10-14(11,15)13(17)18/h11H,2-10,15H2,1H3,(H,17,18). The summed E-state index contributed by atoms with van der Waals surface area (Å²) >= 11 is 0. The van der Waals surface area contributed by atoms with Crippen molar-refractivity contribution in [2.24, 2.45) is 11.7 Å². The highest BCUT2D eigenvalue weighted by Gasteiger charge is 2.60. The highest BCUT2D eigenvalue weighted by atomic mass is 16.4. The van der Waals surface area contributed by atoms with Crippen molar-refractivity contribution in [3.05, 3.63) is 0 Å². The van der Waals surface area contributed by atoms with Crippen molar-refractivity contribution in [3.63, 3.8) is 0 Å². The summed E-state index contributed by atoms with van der Waals surface area (Å²) in [7, 11) is 0. The Hall–Kier alpha value is -0.900. The zero-order valence-electron chi connectivity index (χ0n) is 11.3. The molecule has 0 amide bonds. The van der Waals surface area contributed by atoms with E-state index in [1.165, 1.54) is 32.1 Å². The number of unbranched alkanes of at least 4 members (excludes halogenated alkanes) is 6. The van der Waals surface area contributed by atoms with Gasteiger partial charge in [-0.2, -0.15) is 0 Å². The van der Waals surface area contributed by atoms with E-state index in [-0.39, 0.29) is 5.78 Å². The summed E-state index contributed by atoms with van der Waals surface area (Å²) in [6.07, 6.45) is 8.96. The number of carboxylic acid groups (broad SMARTS) is 1. The number of carbonyl (C=O) groups excluding carboxylic acids is 1. The van der Waals surface area contributed by atoms with E-state index in [1.807, 2.05) is 0 Å². The molecule has 104 valence electrons. The first-order valence-electron chi connectivity index (χ1n) is 7.07. The number of hydrogen-bond donors (Lipinski definition) is 2. The van der Waals surface area contributed by atoms with Crippen LogP contribution in [0.3, 0.4) is 0 Å². The second-order valence-electron chi connectivity index (χ2n) is 5.44. The molecule has 4 nitrogen and oxygen atoms in total. The molecule has 1 aliphatic carbocycles. The van der Waals surface area contributed by atoms with Gasteiger partial charge < -0.3 is 10.8 Å². The third kappa shape index (κ3) is 4.09. The largest absolute Gasteiger partial charge is 0.480 e. The van der Waals surface area contributed by atoms with Crippen molar-refractivity contribution in [2.75, 3.05) is 0 Å². The minimum atomic E-state index is -1.25. The minimum Gasteiger partial charge on any atom is -0.480 e. The van der Waals surface area contributed by atoms with Crippen molar-refractivity contribution in [1.29, 1.82) is 0 Å². The van der Waals surface area contributed by atoms with Crippen LogP contribution in [0, 0.1) is 5.92 Å². The number of rotatable bonds is 10. The number of carbonyl (C=O) groups is 2. The molecule has 1 fully saturated rings. The van der Waals surface area contributed by atoms with Crippen LogP contribution < -0.4 is 5.73 Å². The Labute approximate surface area is 109 Å². The number of Topliss-reactive ketones (excluding diaryl/α,β-unsaturated/α-hetero) is 1. The average Bonchev–Trinajstić information content (AvgIpc) is 3.02. The summed E-state index contributed by atoms with van der Waals surface area (Å²) in [6, 6.07) is 0. The fourth-order valence-electron chi connectivity index (χ4n) is 2.35. The highest BCUT2D eigenvalue weighted by molar-refractivity contribution is 5.96. The molecule has 0 heterocycles. The van der Waals surface area contributed by atoms with Gasteiger partial charge in [0.05, 0.1) is 0 Å².